The van der Waals surface area contributed by atoms with Crippen LogP contribution in [-0.4, -0.2) is 25.2 Å². The van der Waals surface area contributed by atoms with Crippen LogP contribution in [0, 0.1) is 0 Å². The lowest BCUT2D eigenvalue weighted by Gasteiger charge is -2.11. The fourth-order valence-electron chi connectivity index (χ4n) is 2.30. The average Bonchev–Trinajstić information content (AvgIpc) is 2.58. The number of ether oxygens (including phenoxy) is 2. The van der Waals surface area contributed by atoms with Gasteiger partial charge in [0.1, 0.15) is 11.5 Å². The van der Waals surface area contributed by atoms with E-state index in [4.69, 9.17) is 9.47 Å². The summed E-state index contributed by atoms with van der Waals surface area (Å²) in [6.07, 6.45) is 1.93. The molecule has 0 fully saturated rings. The summed E-state index contributed by atoms with van der Waals surface area (Å²) in [5, 5.41) is 2.88. The standard InChI is InChI=1S/C20H24BrNO3/c1-15(2)25-19-7-3-5-16(13-19)6-4-12-22-20(23)14-24-18-10-8-17(21)9-11-18/h3,5,7-11,13,15H,4,6,12,14H2,1-2H3,(H,22,23). The van der Waals surface area contributed by atoms with Crippen molar-refractivity contribution in [2.75, 3.05) is 13.2 Å². The molecule has 0 aliphatic rings. The number of benzene rings is 2. The van der Waals surface area contributed by atoms with E-state index in [2.05, 4.69) is 33.4 Å². The smallest absolute Gasteiger partial charge is 0.257 e. The molecule has 0 spiro atoms. The summed E-state index contributed by atoms with van der Waals surface area (Å²) in [7, 11) is 0. The summed E-state index contributed by atoms with van der Waals surface area (Å²) in [4.78, 5) is 11.8. The zero-order valence-corrected chi connectivity index (χ0v) is 16.2. The Labute approximate surface area is 157 Å². The van der Waals surface area contributed by atoms with E-state index in [0.717, 1.165) is 23.1 Å². The number of carbonyl (C=O) groups excluding carboxylic acids is 1. The van der Waals surface area contributed by atoms with Crippen molar-refractivity contribution in [3.63, 3.8) is 0 Å². The highest BCUT2D eigenvalue weighted by molar-refractivity contribution is 9.10. The van der Waals surface area contributed by atoms with E-state index in [9.17, 15) is 4.79 Å². The third-order valence-electron chi connectivity index (χ3n) is 3.42. The van der Waals surface area contributed by atoms with Crippen LogP contribution in [0.1, 0.15) is 25.8 Å². The normalized spacial score (nSPS) is 10.6. The highest BCUT2D eigenvalue weighted by Crippen LogP contribution is 2.16. The van der Waals surface area contributed by atoms with Gasteiger partial charge in [0.05, 0.1) is 6.10 Å². The molecule has 0 unspecified atom stereocenters. The Kier molecular flexibility index (Phi) is 7.79. The number of rotatable bonds is 9. The molecule has 2 aromatic rings. The maximum Gasteiger partial charge on any atom is 0.257 e. The van der Waals surface area contributed by atoms with Crippen molar-refractivity contribution in [3.8, 4) is 11.5 Å². The van der Waals surface area contributed by atoms with E-state index in [-0.39, 0.29) is 18.6 Å². The van der Waals surface area contributed by atoms with Crippen molar-refractivity contribution in [2.24, 2.45) is 0 Å². The zero-order chi connectivity index (χ0) is 18.1. The lowest BCUT2D eigenvalue weighted by molar-refractivity contribution is -0.123. The minimum atomic E-state index is -0.111. The quantitative estimate of drug-likeness (QED) is 0.630. The van der Waals surface area contributed by atoms with Gasteiger partial charge in [0.2, 0.25) is 0 Å². The van der Waals surface area contributed by atoms with E-state index in [1.54, 1.807) is 0 Å². The molecule has 0 aliphatic carbocycles. The van der Waals surface area contributed by atoms with Crippen molar-refractivity contribution in [2.45, 2.75) is 32.8 Å². The van der Waals surface area contributed by atoms with Crippen LogP contribution in [0.15, 0.2) is 53.0 Å². The van der Waals surface area contributed by atoms with Crippen molar-refractivity contribution >= 4 is 21.8 Å². The van der Waals surface area contributed by atoms with E-state index in [1.165, 1.54) is 5.56 Å². The zero-order valence-electron chi connectivity index (χ0n) is 14.6. The van der Waals surface area contributed by atoms with Gasteiger partial charge in [-0.05, 0) is 68.7 Å². The number of aryl methyl sites for hydroxylation is 1. The number of amides is 1. The Hall–Kier alpha value is -2.01. The third-order valence-corrected chi connectivity index (χ3v) is 3.95. The molecule has 4 nitrogen and oxygen atoms in total. The van der Waals surface area contributed by atoms with Crippen LogP contribution in [-0.2, 0) is 11.2 Å². The van der Waals surface area contributed by atoms with Gasteiger partial charge in [0, 0.05) is 11.0 Å². The predicted molar refractivity (Wildman–Crippen MR) is 103 cm³/mol. The van der Waals surface area contributed by atoms with Crippen molar-refractivity contribution in [1.82, 2.24) is 5.32 Å². The lowest BCUT2D eigenvalue weighted by Crippen LogP contribution is -2.29. The molecule has 0 radical (unpaired) electrons. The lowest BCUT2D eigenvalue weighted by atomic mass is 10.1. The van der Waals surface area contributed by atoms with Crippen LogP contribution in [0.2, 0.25) is 0 Å². The van der Waals surface area contributed by atoms with Gasteiger partial charge in [-0.3, -0.25) is 4.79 Å². The first-order valence-corrected chi connectivity index (χ1v) is 9.23. The van der Waals surface area contributed by atoms with Gasteiger partial charge in [0.15, 0.2) is 6.61 Å². The molecule has 0 aliphatic heterocycles. The molecule has 2 rings (SSSR count). The largest absolute Gasteiger partial charge is 0.491 e. The average molecular weight is 406 g/mol. The minimum Gasteiger partial charge on any atom is -0.491 e. The van der Waals surface area contributed by atoms with Crippen LogP contribution >= 0.6 is 15.9 Å². The molecule has 0 bridgehead atoms. The fraction of sp³-hybridized carbons (Fsp3) is 0.350. The SMILES string of the molecule is CC(C)Oc1cccc(CCCNC(=O)COc2ccc(Br)cc2)c1. The van der Waals surface area contributed by atoms with E-state index >= 15 is 0 Å². The first-order valence-electron chi connectivity index (χ1n) is 8.43. The van der Waals surface area contributed by atoms with Gasteiger partial charge in [-0.2, -0.15) is 0 Å². The monoisotopic (exact) mass is 405 g/mol. The molecule has 0 saturated carbocycles. The first-order chi connectivity index (χ1) is 12.0. The number of nitrogens with one attached hydrogen (secondary N) is 1. The third kappa shape index (κ3) is 7.61. The van der Waals surface area contributed by atoms with Crippen molar-refractivity contribution in [3.05, 3.63) is 58.6 Å². The highest BCUT2D eigenvalue weighted by atomic mass is 79.9. The summed E-state index contributed by atoms with van der Waals surface area (Å²) < 4.78 is 12.1. The van der Waals surface area contributed by atoms with Crippen LogP contribution in [0.25, 0.3) is 0 Å². The Bertz CT molecular complexity index is 671. The molecular weight excluding hydrogens is 382 g/mol. The minimum absolute atomic E-state index is 0.0271. The van der Waals surface area contributed by atoms with Gasteiger partial charge < -0.3 is 14.8 Å². The number of hydrogen-bond acceptors (Lipinski definition) is 3. The van der Waals surface area contributed by atoms with Crippen LogP contribution in [0.3, 0.4) is 0 Å². The predicted octanol–water partition coefficient (Wildman–Crippen LogP) is 4.36. The molecule has 1 amide bonds. The maximum absolute atomic E-state index is 11.8. The molecule has 0 saturated heterocycles. The van der Waals surface area contributed by atoms with Gasteiger partial charge in [0.25, 0.3) is 5.91 Å². The molecule has 134 valence electrons. The Morgan fingerprint density at radius 3 is 2.60 bits per heavy atom. The van der Waals surface area contributed by atoms with Crippen LogP contribution in [0.5, 0.6) is 11.5 Å². The first kappa shape index (κ1) is 19.3. The van der Waals surface area contributed by atoms with Crippen molar-refractivity contribution < 1.29 is 14.3 Å². The molecular formula is C20H24BrNO3. The number of carbonyl (C=O) groups is 1. The van der Waals surface area contributed by atoms with Gasteiger partial charge in [-0.15, -0.1) is 0 Å². The Morgan fingerprint density at radius 1 is 1.12 bits per heavy atom. The maximum atomic E-state index is 11.8. The van der Waals surface area contributed by atoms with Gasteiger partial charge in [-0.1, -0.05) is 28.1 Å². The summed E-state index contributed by atoms with van der Waals surface area (Å²) >= 11 is 3.36. The second-order valence-electron chi connectivity index (χ2n) is 6.01. The molecule has 5 heteroatoms. The molecule has 25 heavy (non-hydrogen) atoms. The number of halogens is 1. The highest BCUT2D eigenvalue weighted by Gasteiger charge is 2.03. The van der Waals surface area contributed by atoms with Crippen molar-refractivity contribution in [1.29, 1.82) is 0 Å². The fourth-order valence-corrected chi connectivity index (χ4v) is 2.56. The van der Waals surface area contributed by atoms with E-state index in [1.807, 2.05) is 50.2 Å². The number of hydrogen-bond donors (Lipinski definition) is 1. The van der Waals surface area contributed by atoms with E-state index < -0.39 is 0 Å². The van der Waals surface area contributed by atoms with Crippen LogP contribution < -0.4 is 14.8 Å². The molecule has 1 N–H and O–H groups in total. The van der Waals surface area contributed by atoms with Gasteiger partial charge in [-0.25, -0.2) is 0 Å². The van der Waals surface area contributed by atoms with Crippen LogP contribution in [0.4, 0.5) is 0 Å². The summed E-state index contributed by atoms with van der Waals surface area (Å²) in [6, 6.07) is 15.5. The second-order valence-corrected chi connectivity index (χ2v) is 6.93. The Balaban J connectivity index is 1.65. The summed E-state index contributed by atoms with van der Waals surface area (Å²) in [5.41, 5.74) is 1.21. The summed E-state index contributed by atoms with van der Waals surface area (Å²) in [5.74, 6) is 1.46. The molecule has 0 atom stereocenters. The van der Waals surface area contributed by atoms with Gasteiger partial charge >= 0.3 is 0 Å². The van der Waals surface area contributed by atoms with E-state index in [0.29, 0.717) is 12.3 Å². The second kappa shape index (κ2) is 10.1. The topological polar surface area (TPSA) is 47.6 Å². The Morgan fingerprint density at radius 2 is 1.88 bits per heavy atom. The summed E-state index contributed by atoms with van der Waals surface area (Å²) in [6.45, 7) is 4.67. The molecule has 0 aromatic heterocycles. The molecule has 0 heterocycles. The molecule has 2 aromatic carbocycles.